The molecule has 1 aromatic heterocycles. The van der Waals surface area contributed by atoms with Gasteiger partial charge in [0.05, 0.1) is 11.6 Å². The normalized spacial score (nSPS) is 19.7. The molecule has 1 aliphatic rings. The van der Waals surface area contributed by atoms with Crippen LogP contribution >= 0.6 is 23.1 Å². The third-order valence-electron chi connectivity index (χ3n) is 4.81. The zero-order chi connectivity index (χ0) is 20.7. The fraction of sp³-hybridized carbons (Fsp3) is 0.650. The lowest BCUT2D eigenvalue weighted by Gasteiger charge is -2.24. The second kappa shape index (κ2) is 10.4. The summed E-state index contributed by atoms with van der Waals surface area (Å²) in [4.78, 5) is 29.0. The summed E-state index contributed by atoms with van der Waals surface area (Å²) in [7, 11) is 0. The van der Waals surface area contributed by atoms with E-state index in [0.717, 1.165) is 19.3 Å². The van der Waals surface area contributed by atoms with Crippen LogP contribution in [-0.2, 0) is 4.79 Å². The van der Waals surface area contributed by atoms with E-state index in [4.69, 9.17) is 5.11 Å². The lowest BCUT2D eigenvalue weighted by Crippen LogP contribution is -2.33. The van der Waals surface area contributed by atoms with E-state index in [1.807, 2.05) is 24.0 Å². The molecule has 8 heteroatoms. The molecular weight excluding hydrogens is 396 g/mol. The first kappa shape index (κ1) is 22.9. The Morgan fingerprint density at radius 3 is 2.93 bits per heavy atom. The Morgan fingerprint density at radius 1 is 1.54 bits per heavy atom. The van der Waals surface area contributed by atoms with Crippen LogP contribution in [0.5, 0.6) is 0 Å². The zero-order valence-corrected chi connectivity index (χ0v) is 18.4. The van der Waals surface area contributed by atoms with Crippen molar-refractivity contribution < 1.29 is 19.8 Å². The lowest BCUT2D eigenvalue weighted by atomic mass is 9.92. The molecule has 1 amide bonds. The van der Waals surface area contributed by atoms with E-state index in [9.17, 15) is 14.7 Å². The van der Waals surface area contributed by atoms with Crippen molar-refractivity contribution in [3.05, 3.63) is 23.2 Å². The highest BCUT2D eigenvalue weighted by Crippen LogP contribution is 2.26. The number of carboxylic acids is 1. The molecule has 28 heavy (non-hydrogen) atoms. The number of carbonyl (C=O) groups excluding carboxylic acids is 1. The van der Waals surface area contributed by atoms with Gasteiger partial charge in [0.1, 0.15) is 0 Å². The molecule has 0 bridgehead atoms. The van der Waals surface area contributed by atoms with Crippen LogP contribution in [0.4, 0.5) is 0 Å². The predicted molar refractivity (Wildman–Crippen MR) is 113 cm³/mol. The second-order valence-corrected chi connectivity index (χ2v) is 10.1. The number of rotatable bonds is 11. The number of hydrogen-bond acceptors (Lipinski definition) is 6. The topological polar surface area (TPSA) is 90.7 Å². The van der Waals surface area contributed by atoms with Gasteiger partial charge in [-0.3, -0.25) is 4.79 Å². The van der Waals surface area contributed by atoms with Crippen molar-refractivity contribution in [1.82, 2.24) is 9.88 Å². The third-order valence-corrected chi connectivity index (χ3v) is 6.81. The second-order valence-electron chi connectivity index (χ2n) is 7.91. The van der Waals surface area contributed by atoms with Gasteiger partial charge in [0.2, 0.25) is 5.91 Å². The Bertz CT molecular complexity index is 700. The van der Waals surface area contributed by atoms with Crippen LogP contribution in [0, 0.1) is 5.92 Å². The Morgan fingerprint density at radius 2 is 2.29 bits per heavy atom. The van der Waals surface area contributed by atoms with Gasteiger partial charge in [-0.1, -0.05) is 37.8 Å². The van der Waals surface area contributed by atoms with E-state index in [-0.39, 0.29) is 17.6 Å². The van der Waals surface area contributed by atoms with Crippen LogP contribution in [0.15, 0.2) is 21.9 Å². The van der Waals surface area contributed by atoms with E-state index in [0.29, 0.717) is 35.4 Å². The van der Waals surface area contributed by atoms with Gasteiger partial charge in [-0.2, -0.15) is 0 Å². The molecule has 2 heterocycles. The summed E-state index contributed by atoms with van der Waals surface area (Å²) >= 11 is 2.78. The smallest absolute Gasteiger partial charge is 0.355 e. The third kappa shape index (κ3) is 7.22. The van der Waals surface area contributed by atoms with Crippen molar-refractivity contribution in [2.45, 2.75) is 68.9 Å². The van der Waals surface area contributed by atoms with Gasteiger partial charge < -0.3 is 15.1 Å². The summed E-state index contributed by atoms with van der Waals surface area (Å²) in [6, 6.07) is 0.0693. The molecule has 0 aromatic carbocycles. The minimum Gasteiger partial charge on any atom is -0.476 e. The number of hydrogen-bond donors (Lipinski definition) is 2. The number of nitrogens with zero attached hydrogens (tertiary/aromatic N) is 2. The van der Waals surface area contributed by atoms with Gasteiger partial charge in [-0.15, -0.1) is 11.3 Å². The minimum atomic E-state index is -1.02. The molecule has 0 saturated carbocycles. The first-order chi connectivity index (χ1) is 13.2. The zero-order valence-electron chi connectivity index (χ0n) is 16.8. The highest BCUT2D eigenvalue weighted by Gasteiger charge is 2.29. The van der Waals surface area contributed by atoms with Crippen LogP contribution in [0.1, 0.15) is 63.4 Å². The highest BCUT2D eigenvalue weighted by atomic mass is 32.2. The number of thiazole rings is 1. The molecule has 1 unspecified atom stereocenters. The SMILES string of the molecule is CC(C)CCC(C)(O)C/C=C/[C@H]1CCC(=O)N1CCSc1nc(C(=O)O)cs1. The summed E-state index contributed by atoms with van der Waals surface area (Å²) in [5.74, 6) is 0.370. The van der Waals surface area contributed by atoms with E-state index < -0.39 is 11.6 Å². The number of carboxylic acid groups (broad SMARTS) is 1. The summed E-state index contributed by atoms with van der Waals surface area (Å²) in [6.07, 6.45) is 7.75. The van der Waals surface area contributed by atoms with Crippen molar-refractivity contribution in [3.63, 3.8) is 0 Å². The Labute approximate surface area is 175 Å². The quantitative estimate of drug-likeness (QED) is 0.410. The van der Waals surface area contributed by atoms with Gasteiger partial charge in [0, 0.05) is 24.1 Å². The number of aromatic carboxylic acids is 1. The molecular formula is C20H30N2O4S2. The molecule has 1 fully saturated rings. The molecule has 6 nitrogen and oxygen atoms in total. The number of aromatic nitrogens is 1. The number of likely N-dealkylation sites (tertiary alicyclic amines) is 1. The van der Waals surface area contributed by atoms with Crippen LogP contribution < -0.4 is 0 Å². The van der Waals surface area contributed by atoms with E-state index >= 15 is 0 Å². The minimum absolute atomic E-state index is 0.0649. The van der Waals surface area contributed by atoms with Crippen LogP contribution in [0.25, 0.3) is 0 Å². The molecule has 1 saturated heterocycles. The van der Waals surface area contributed by atoms with E-state index in [1.54, 1.807) is 0 Å². The number of thioether (sulfide) groups is 1. The molecule has 2 atom stereocenters. The van der Waals surface area contributed by atoms with Crippen LogP contribution in [0.2, 0.25) is 0 Å². The number of amides is 1. The fourth-order valence-corrected chi connectivity index (χ4v) is 4.89. The summed E-state index contributed by atoms with van der Waals surface area (Å²) < 4.78 is 0.706. The number of carbonyl (C=O) groups is 2. The first-order valence-electron chi connectivity index (χ1n) is 9.68. The predicted octanol–water partition coefficient (Wildman–Crippen LogP) is 4.06. The van der Waals surface area contributed by atoms with Crippen LogP contribution in [0.3, 0.4) is 0 Å². The van der Waals surface area contributed by atoms with Gasteiger partial charge in [-0.25, -0.2) is 9.78 Å². The molecule has 1 aromatic rings. The highest BCUT2D eigenvalue weighted by molar-refractivity contribution is 8.01. The molecule has 2 rings (SSSR count). The van der Waals surface area contributed by atoms with Crippen molar-refractivity contribution in [2.75, 3.05) is 12.3 Å². The summed E-state index contributed by atoms with van der Waals surface area (Å²) in [5.41, 5.74) is -0.647. The largest absolute Gasteiger partial charge is 0.476 e. The molecule has 0 spiro atoms. The Kier molecular flexibility index (Phi) is 8.52. The van der Waals surface area contributed by atoms with Crippen molar-refractivity contribution in [1.29, 1.82) is 0 Å². The van der Waals surface area contributed by atoms with Gasteiger partial charge in [0.25, 0.3) is 0 Å². The maximum atomic E-state index is 12.2. The van der Waals surface area contributed by atoms with E-state index in [2.05, 4.69) is 18.8 Å². The average molecular weight is 427 g/mol. The lowest BCUT2D eigenvalue weighted by molar-refractivity contribution is -0.128. The molecule has 1 aliphatic heterocycles. The fourth-order valence-electron chi connectivity index (χ4n) is 3.08. The standard InChI is InChI=1S/C20H30N2O4S2/c1-14(2)8-10-20(3,26)9-4-5-15-6-7-17(23)22(15)11-12-27-19-21-16(13-28-19)18(24)25/h4-5,13-15,26H,6-12H2,1-3H3,(H,24,25)/b5-4+/t15-,20?/m0/s1. The Hall–Kier alpha value is -1.38. The average Bonchev–Trinajstić information content (AvgIpc) is 3.22. The maximum Gasteiger partial charge on any atom is 0.355 e. The Balaban J connectivity index is 1.82. The molecule has 156 valence electrons. The summed E-state index contributed by atoms with van der Waals surface area (Å²) in [5, 5.41) is 20.9. The molecule has 0 aliphatic carbocycles. The van der Waals surface area contributed by atoms with Gasteiger partial charge in [0.15, 0.2) is 10.0 Å². The van der Waals surface area contributed by atoms with Crippen molar-refractivity contribution in [3.8, 4) is 0 Å². The summed E-state index contributed by atoms with van der Waals surface area (Å²) in [6.45, 7) is 6.78. The van der Waals surface area contributed by atoms with Gasteiger partial charge in [-0.05, 0) is 38.5 Å². The van der Waals surface area contributed by atoms with Crippen molar-refractivity contribution in [2.24, 2.45) is 5.92 Å². The maximum absolute atomic E-state index is 12.2. The van der Waals surface area contributed by atoms with Crippen LogP contribution in [-0.4, -0.2) is 55.9 Å². The van der Waals surface area contributed by atoms with E-state index in [1.165, 1.54) is 28.5 Å². The monoisotopic (exact) mass is 426 g/mol. The van der Waals surface area contributed by atoms with Gasteiger partial charge >= 0.3 is 5.97 Å². The van der Waals surface area contributed by atoms with Crippen molar-refractivity contribution >= 4 is 35.0 Å². The first-order valence-corrected chi connectivity index (χ1v) is 11.5. The number of aliphatic hydroxyl groups is 1. The molecule has 0 radical (unpaired) electrons. The molecule has 2 N–H and O–H groups in total.